The van der Waals surface area contributed by atoms with Crippen molar-refractivity contribution in [2.45, 2.75) is 70.5 Å². The summed E-state index contributed by atoms with van der Waals surface area (Å²) >= 11 is 0. The van der Waals surface area contributed by atoms with Gasteiger partial charge < -0.3 is 14.9 Å². The summed E-state index contributed by atoms with van der Waals surface area (Å²) in [7, 11) is -4.84. The molecule has 0 aliphatic carbocycles. The molecule has 0 rings (SSSR count). The Morgan fingerprint density at radius 1 is 1.04 bits per heavy atom. The van der Waals surface area contributed by atoms with Crippen molar-refractivity contribution in [3.63, 3.8) is 0 Å². The number of unbranched alkanes of at least 4 members (excludes halogenated alkanes) is 5. The van der Waals surface area contributed by atoms with E-state index in [4.69, 9.17) is 19.5 Å². The second kappa shape index (κ2) is 18.6. The van der Waals surface area contributed by atoms with Gasteiger partial charge in [-0.3, -0.25) is 14.1 Å². The van der Waals surface area contributed by atoms with Crippen LogP contribution in [-0.4, -0.2) is 47.0 Å². The molecule has 0 amide bonds. The van der Waals surface area contributed by atoms with Crippen molar-refractivity contribution in [2.24, 2.45) is 0 Å². The van der Waals surface area contributed by atoms with Gasteiger partial charge in [0.05, 0.1) is 6.42 Å². The molecule has 144 valence electrons. The molecule has 0 fully saturated rings. The second-order valence-electron chi connectivity index (χ2n) is 5.15. The fraction of sp³-hybridized carbons (Fsp3) is 0.800. The van der Waals surface area contributed by atoms with E-state index in [1.807, 2.05) is 6.61 Å². The van der Waals surface area contributed by atoms with Gasteiger partial charge in [0, 0.05) is 6.61 Å². The number of rotatable bonds is 13. The molecule has 1 atom stereocenters. The van der Waals surface area contributed by atoms with Gasteiger partial charge in [0.1, 0.15) is 0 Å². The SMILES string of the molecule is CC[CH-]OCCCCCCCC.O=C(O)CC(C(=O)O)S(=O)(=O)O.[Na+]. The summed E-state index contributed by atoms with van der Waals surface area (Å²) in [5.74, 6) is -3.50. The Kier molecular flexibility index (Phi) is 22.0. The van der Waals surface area contributed by atoms with Gasteiger partial charge in [-0.15, -0.1) is 0 Å². The molecule has 8 nitrogen and oxygen atoms in total. The molecule has 0 bridgehead atoms. The summed E-state index contributed by atoms with van der Waals surface area (Å²) in [4.78, 5) is 20.0. The predicted octanol–water partition coefficient (Wildman–Crippen LogP) is -0.259. The van der Waals surface area contributed by atoms with Gasteiger partial charge in [0.15, 0.2) is 5.25 Å². The second-order valence-corrected chi connectivity index (χ2v) is 6.75. The molecule has 0 spiro atoms. The van der Waals surface area contributed by atoms with Crippen molar-refractivity contribution in [3.8, 4) is 0 Å². The monoisotopic (exact) mass is 392 g/mol. The molecule has 0 aromatic heterocycles. The molecule has 0 aliphatic rings. The Morgan fingerprint density at radius 2 is 1.56 bits per heavy atom. The van der Waals surface area contributed by atoms with E-state index in [1.165, 1.54) is 38.5 Å². The van der Waals surface area contributed by atoms with Crippen LogP contribution in [-0.2, 0) is 24.4 Å². The van der Waals surface area contributed by atoms with Crippen molar-refractivity contribution in [1.82, 2.24) is 0 Å². The number of ether oxygens (including phenoxy) is 1. The summed E-state index contributed by atoms with van der Waals surface area (Å²) in [6.07, 6.45) is 7.92. The molecule has 3 N–H and O–H groups in total. The van der Waals surface area contributed by atoms with E-state index in [-0.39, 0.29) is 29.6 Å². The van der Waals surface area contributed by atoms with E-state index >= 15 is 0 Å². The average molecular weight is 392 g/mol. The van der Waals surface area contributed by atoms with Crippen LogP contribution in [0.4, 0.5) is 0 Å². The van der Waals surface area contributed by atoms with E-state index in [0.717, 1.165) is 13.0 Å². The van der Waals surface area contributed by atoms with Crippen LogP contribution in [0.25, 0.3) is 0 Å². The maximum Gasteiger partial charge on any atom is 1.00 e. The van der Waals surface area contributed by atoms with Gasteiger partial charge in [-0.05, 0) is 6.42 Å². The molecule has 10 heteroatoms. The first-order chi connectivity index (χ1) is 11.2. The van der Waals surface area contributed by atoms with Gasteiger partial charge in [0.25, 0.3) is 10.1 Å². The van der Waals surface area contributed by atoms with E-state index in [9.17, 15) is 18.0 Å². The third kappa shape index (κ3) is 21.8. The van der Waals surface area contributed by atoms with Crippen LogP contribution in [0, 0.1) is 6.61 Å². The fourth-order valence-corrected chi connectivity index (χ4v) is 2.25. The topological polar surface area (TPSA) is 138 Å². The molecule has 1 unspecified atom stereocenters. The summed E-state index contributed by atoms with van der Waals surface area (Å²) < 4.78 is 33.9. The maximum atomic E-state index is 10.2. The summed E-state index contributed by atoms with van der Waals surface area (Å²) in [5.41, 5.74) is 0. The predicted molar refractivity (Wildman–Crippen MR) is 89.1 cm³/mol. The maximum absolute atomic E-state index is 10.2. The van der Waals surface area contributed by atoms with E-state index in [2.05, 4.69) is 13.8 Å². The van der Waals surface area contributed by atoms with Gasteiger partial charge in [-0.25, -0.2) is 6.61 Å². The summed E-state index contributed by atoms with van der Waals surface area (Å²) in [6.45, 7) is 7.16. The number of carboxylic acids is 2. The zero-order valence-electron chi connectivity index (χ0n) is 15.3. The number of hydrogen-bond acceptors (Lipinski definition) is 5. The zero-order chi connectivity index (χ0) is 19.0. The van der Waals surface area contributed by atoms with E-state index < -0.39 is 33.7 Å². The smallest absolute Gasteiger partial charge is 0.552 e. The molecular weight excluding hydrogens is 363 g/mol. The van der Waals surface area contributed by atoms with Crippen molar-refractivity contribution < 1.29 is 67.1 Å². The first-order valence-electron chi connectivity index (χ1n) is 8.00. The quantitative estimate of drug-likeness (QED) is 0.169. The van der Waals surface area contributed by atoms with Gasteiger partial charge in [-0.1, -0.05) is 46.0 Å². The molecule has 0 aromatic rings. The van der Waals surface area contributed by atoms with Crippen molar-refractivity contribution in [3.05, 3.63) is 6.61 Å². The third-order valence-electron chi connectivity index (χ3n) is 2.90. The Balaban J connectivity index is -0.000000372. The molecule has 25 heavy (non-hydrogen) atoms. The summed E-state index contributed by atoms with van der Waals surface area (Å²) in [6, 6.07) is 0. The van der Waals surface area contributed by atoms with Crippen molar-refractivity contribution in [2.75, 3.05) is 6.61 Å². The average Bonchev–Trinajstić information content (AvgIpc) is 2.47. The zero-order valence-corrected chi connectivity index (χ0v) is 18.1. The molecule has 0 radical (unpaired) electrons. The molecule has 0 aliphatic heterocycles. The fourth-order valence-electron chi connectivity index (χ4n) is 1.65. The van der Waals surface area contributed by atoms with E-state index in [0.29, 0.717) is 0 Å². The minimum atomic E-state index is -4.84. The first kappa shape index (κ1) is 29.6. The Labute approximate surface area is 172 Å². The van der Waals surface area contributed by atoms with Crippen LogP contribution in [0.15, 0.2) is 0 Å². The molecule has 0 heterocycles. The first-order valence-corrected chi connectivity index (χ1v) is 9.51. The number of carboxylic acid groups (broad SMARTS) is 2. The largest absolute Gasteiger partial charge is 1.00 e. The van der Waals surface area contributed by atoms with Crippen molar-refractivity contribution in [1.29, 1.82) is 0 Å². The third-order valence-corrected chi connectivity index (χ3v) is 3.98. The van der Waals surface area contributed by atoms with Gasteiger partial charge in [-0.2, -0.15) is 14.8 Å². The molecule has 0 saturated carbocycles. The summed E-state index contributed by atoms with van der Waals surface area (Å²) in [5, 5.41) is 13.9. The molecule has 0 aromatic carbocycles. The Hall–Kier alpha value is -0.190. The number of hydrogen-bond donors (Lipinski definition) is 3. The molecule has 0 saturated heterocycles. The minimum absolute atomic E-state index is 0. The Morgan fingerprint density at radius 3 is 1.92 bits per heavy atom. The van der Waals surface area contributed by atoms with Crippen LogP contribution in [0.3, 0.4) is 0 Å². The van der Waals surface area contributed by atoms with Crippen LogP contribution in [0.2, 0.25) is 0 Å². The van der Waals surface area contributed by atoms with Gasteiger partial charge >= 0.3 is 41.5 Å². The number of carbonyl (C=O) groups is 2. The molecular formula is C15H29NaO8S. The van der Waals surface area contributed by atoms with Crippen LogP contribution in [0.5, 0.6) is 0 Å². The van der Waals surface area contributed by atoms with Gasteiger partial charge in [0.2, 0.25) is 0 Å². The van der Waals surface area contributed by atoms with Crippen LogP contribution >= 0.6 is 0 Å². The van der Waals surface area contributed by atoms with E-state index in [1.54, 1.807) is 0 Å². The Bertz CT molecular complexity index is 429. The van der Waals surface area contributed by atoms with Crippen LogP contribution < -0.4 is 29.6 Å². The standard InChI is InChI=1S/C11H23O.C4H6O7S.Na/c1-3-5-6-7-8-9-11-12-10-4-2;5-3(6)1-2(4(7)8)12(9,10)11;/h10H,3-9,11H2,1-2H3;2H,1H2,(H,5,6)(H,7,8)(H,9,10,11);/q-1;;+1. The normalized spacial score (nSPS) is 11.6. The van der Waals surface area contributed by atoms with Crippen molar-refractivity contribution >= 4 is 22.1 Å². The number of aliphatic carboxylic acids is 2. The van der Waals surface area contributed by atoms with Crippen LogP contribution in [0.1, 0.15) is 65.2 Å². The minimum Gasteiger partial charge on any atom is -0.552 e.